The minimum atomic E-state index is 1.08. The molecule has 13 rings (SSSR count). The molecule has 0 spiro atoms. The molecule has 0 N–H and O–H groups in total. The van der Waals surface area contributed by atoms with Gasteiger partial charge in [-0.25, -0.2) is 0 Å². The maximum absolute atomic E-state index is 2.51. The number of anilines is 3. The van der Waals surface area contributed by atoms with Crippen LogP contribution in [0.15, 0.2) is 279 Å². The number of fused-ring (bicyclic) bond motifs is 5. The molecule has 0 unspecified atom stereocenters. The first kappa shape index (κ1) is 41.0. The average molecular weight is 891 g/mol. The van der Waals surface area contributed by atoms with Gasteiger partial charge in [-0.05, 0) is 145 Å². The van der Waals surface area contributed by atoms with Crippen LogP contribution in [-0.2, 0) is 0 Å². The minimum Gasteiger partial charge on any atom is -0.309 e. The van der Waals surface area contributed by atoms with Crippen LogP contribution in [0.5, 0.6) is 0 Å². The normalized spacial score (nSPS) is 11.4. The van der Waals surface area contributed by atoms with Gasteiger partial charge in [0.1, 0.15) is 0 Å². The summed E-state index contributed by atoms with van der Waals surface area (Å²) in [6.45, 7) is 0. The third kappa shape index (κ3) is 7.22. The lowest BCUT2D eigenvalue weighted by atomic mass is 9.85. The van der Waals surface area contributed by atoms with E-state index in [2.05, 4.69) is 289 Å². The first-order valence-electron chi connectivity index (χ1n) is 24.1. The van der Waals surface area contributed by atoms with Gasteiger partial charge in [0.25, 0.3) is 0 Å². The van der Waals surface area contributed by atoms with E-state index in [0.29, 0.717) is 0 Å². The van der Waals surface area contributed by atoms with Gasteiger partial charge in [0.2, 0.25) is 0 Å². The highest BCUT2D eigenvalue weighted by molar-refractivity contribution is 6.24. The van der Waals surface area contributed by atoms with Crippen LogP contribution in [0.2, 0.25) is 0 Å². The summed E-state index contributed by atoms with van der Waals surface area (Å²) in [6, 6.07) is 102. The van der Waals surface area contributed by atoms with Crippen LogP contribution in [-0.4, -0.2) is 4.57 Å². The summed E-state index contributed by atoms with van der Waals surface area (Å²) < 4.78 is 2.39. The molecule has 0 aliphatic heterocycles. The third-order valence-electron chi connectivity index (χ3n) is 13.9. The molecular weight excluding hydrogens is 845 g/mol. The molecule has 12 aromatic carbocycles. The van der Waals surface area contributed by atoms with Crippen molar-refractivity contribution in [2.75, 3.05) is 4.90 Å². The molecule has 0 saturated carbocycles. The fourth-order valence-corrected chi connectivity index (χ4v) is 10.7. The van der Waals surface area contributed by atoms with E-state index < -0.39 is 0 Å². The average Bonchev–Trinajstić information content (AvgIpc) is 3.78. The Morgan fingerprint density at radius 1 is 0.229 bits per heavy atom. The Hall–Kier alpha value is -9.24. The highest BCUT2D eigenvalue weighted by atomic mass is 15.1. The summed E-state index contributed by atoms with van der Waals surface area (Å²) in [5, 5.41) is 7.11. The van der Waals surface area contributed by atoms with Gasteiger partial charge in [-0.2, -0.15) is 0 Å². The first-order valence-corrected chi connectivity index (χ1v) is 24.1. The van der Waals surface area contributed by atoms with Crippen LogP contribution >= 0.6 is 0 Å². The van der Waals surface area contributed by atoms with Crippen molar-refractivity contribution in [2.45, 2.75) is 0 Å². The summed E-state index contributed by atoms with van der Waals surface area (Å²) in [6.07, 6.45) is 0. The van der Waals surface area contributed by atoms with E-state index in [1.54, 1.807) is 0 Å². The Balaban J connectivity index is 1.17. The molecule has 328 valence electrons. The lowest BCUT2D eigenvalue weighted by Crippen LogP contribution is -2.11. The van der Waals surface area contributed by atoms with Crippen molar-refractivity contribution in [3.05, 3.63) is 279 Å². The van der Waals surface area contributed by atoms with E-state index in [0.717, 1.165) is 33.7 Å². The molecule has 1 aromatic heterocycles. The van der Waals surface area contributed by atoms with Gasteiger partial charge in [-0.1, -0.05) is 200 Å². The molecule has 13 aromatic rings. The van der Waals surface area contributed by atoms with E-state index in [-0.39, 0.29) is 0 Å². The maximum Gasteiger partial charge on any atom is 0.0619 e. The zero-order valence-corrected chi connectivity index (χ0v) is 38.5. The third-order valence-corrected chi connectivity index (χ3v) is 13.9. The highest BCUT2D eigenvalue weighted by Crippen LogP contribution is 2.51. The van der Waals surface area contributed by atoms with Crippen LogP contribution < -0.4 is 4.90 Å². The standard InChI is InChI=1S/C68H46N2/c1-7-21-47(22-8-1)51-36-39-61-63(44-51)67(55-42-53(49-25-11-3-12-26-49)41-54(43-55)50-27-13-4-14-28-50)60-38-35-52(48-23-9-2-10-24-48)45-64(60)68(61)69(56-29-15-5-16-30-56)58-37-40-66-62(46-58)59-33-19-20-34-65(59)70(66)57-31-17-6-18-32-57/h1-46H. The molecule has 0 aliphatic rings. The van der Waals surface area contributed by atoms with Gasteiger partial charge in [-0.3, -0.25) is 0 Å². The zero-order valence-electron chi connectivity index (χ0n) is 38.5. The van der Waals surface area contributed by atoms with Crippen molar-refractivity contribution in [3.8, 4) is 61.3 Å². The summed E-state index contributed by atoms with van der Waals surface area (Å²) in [7, 11) is 0. The second-order valence-corrected chi connectivity index (χ2v) is 18.1. The Morgan fingerprint density at radius 2 is 0.686 bits per heavy atom. The molecule has 2 heteroatoms. The number of rotatable bonds is 9. The van der Waals surface area contributed by atoms with Gasteiger partial charge in [-0.15, -0.1) is 0 Å². The van der Waals surface area contributed by atoms with Crippen LogP contribution in [0.25, 0.3) is 105 Å². The summed E-state index contributed by atoms with van der Waals surface area (Å²) >= 11 is 0. The Morgan fingerprint density at radius 3 is 1.27 bits per heavy atom. The van der Waals surface area contributed by atoms with Gasteiger partial charge in [0, 0.05) is 38.6 Å². The SMILES string of the molecule is c1ccc(-c2cc(-c3ccccc3)cc(-c3c4cc(-c5ccccc5)ccc4c(N(c4ccccc4)c4ccc5c(c4)c4ccccc4n5-c4ccccc4)c4cc(-c5ccccc5)ccc34)c2)cc1. The monoisotopic (exact) mass is 890 g/mol. The smallest absolute Gasteiger partial charge is 0.0619 e. The van der Waals surface area contributed by atoms with Gasteiger partial charge >= 0.3 is 0 Å². The van der Waals surface area contributed by atoms with Crippen molar-refractivity contribution in [2.24, 2.45) is 0 Å². The van der Waals surface area contributed by atoms with Gasteiger partial charge in [0.15, 0.2) is 0 Å². The van der Waals surface area contributed by atoms with Gasteiger partial charge in [0.05, 0.1) is 16.7 Å². The summed E-state index contributed by atoms with van der Waals surface area (Å²) in [4.78, 5) is 2.51. The molecule has 0 fully saturated rings. The van der Waals surface area contributed by atoms with E-state index in [1.165, 1.54) is 88.0 Å². The number of hydrogen-bond acceptors (Lipinski definition) is 1. The Labute approximate surface area is 408 Å². The van der Waals surface area contributed by atoms with E-state index in [9.17, 15) is 0 Å². The Kier molecular flexibility index (Phi) is 10.2. The summed E-state index contributed by atoms with van der Waals surface area (Å²) in [5.41, 5.74) is 18.6. The number of para-hydroxylation sites is 3. The fourth-order valence-electron chi connectivity index (χ4n) is 10.7. The number of hydrogen-bond donors (Lipinski definition) is 0. The van der Waals surface area contributed by atoms with Crippen molar-refractivity contribution < 1.29 is 0 Å². The number of nitrogens with zero attached hydrogens (tertiary/aromatic N) is 2. The lowest BCUT2D eigenvalue weighted by Gasteiger charge is -2.30. The van der Waals surface area contributed by atoms with Crippen molar-refractivity contribution in [1.29, 1.82) is 0 Å². The summed E-state index contributed by atoms with van der Waals surface area (Å²) in [5.74, 6) is 0. The van der Waals surface area contributed by atoms with Crippen molar-refractivity contribution in [3.63, 3.8) is 0 Å². The molecule has 2 nitrogen and oxygen atoms in total. The highest BCUT2D eigenvalue weighted by Gasteiger charge is 2.25. The number of benzene rings is 12. The second kappa shape index (κ2) is 17.4. The quantitative estimate of drug-likeness (QED) is 0.131. The first-order chi connectivity index (χ1) is 34.7. The molecule has 0 radical (unpaired) electrons. The molecule has 0 aliphatic carbocycles. The molecular formula is C68H46N2. The predicted octanol–water partition coefficient (Wildman–Crippen LogP) is 18.9. The molecule has 0 atom stereocenters. The second-order valence-electron chi connectivity index (χ2n) is 18.1. The Bertz CT molecular complexity index is 3960. The lowest BCUT2D eigenvalue weighted by molar-refractivity contribution is 1.18. The molecule has 0 amide bonds. The van der Waals surface area contributed by atoms with Crippen molar-refractivity contribution >= 4 is 60.4 Å². The molecule has 0 bridgehead atoms. The van der Waals surface area contributed by atoms with Crippen LogP contribution in [0.1, 0.15) is 0 Å². The van der Waals surface area contributed by atoms with Crippen molar-refractivity contribution in [1.82, 2.24) is 4.57 Å². The van der Waals surface area contributed by atoms with E-state index >= 15 is 0 Å². The topological polar surface area (TPSA) is 8.17 Å². The largest absolute Gasteiger partial charge is 0.309 e. The molecule has 1 heterocycles. The van der Waals surface area contributed by atoms with Crippen LogP contribution in [0, 0.1) is 0 Å². The van der Waals surface area contributed by atoms with Crippen LogP contribution in [0.4, 0.5) is 17.1 Å². The predicted molar refractivity (Wildman–Crippen MR) is 298 cm³/mol. The van der Waals surface area contributed by atoms with E-state index in [4.69, 9.17) is 0 Å². The van der Waals surface area contributed by atoms with Crippen LogP contribution in [0.3, 0.4) is 0 Å². The zero-order chi connectivity index (χ0) is 46.4. The minimum absolute atomic E-state index is 1.08. The molecule has 0 saturated heterocycles. The van der Waals surface area contributed by atoms with E-state index in [1.807, 2.05) is 0 Å². The van der Waals surface area contributed by atoms with Gasteiger partial charge < -0.3 is 9.47 Å². The number of aromatic nitrogens is 1. The fraction of sp³-hybridized carbons (Fsp3) is 0. The maximum atomic E-state index is 2.51. The molecule has 70 heavy (non-hydrogen) atoms.